The van der Waals surface area contributed by atoms with E-state index in [0.717, 1.165) is 0 Å². The number of nitrogens with two attached hydrogens (primary N) is 3. The zero-order valence-corrected chi connectivity index (χ0v) is 16.0. The smallest absolute Gasteiger partial charge is 0.250 e. The fraction of sp³-hybridized carbons (Fsp3) is 0. The van der Waals surface area contributed by atoms with E-state index >= 15 is 0 Å². The Morgan fingerprint density at radius 2 is 1.62 bits per heavy atom. The van der Waals surface area contributed by atoms with Crippen LogP contribution in [0.4, 0.5) is 10.1 Å². The molecule has 0 aliphatic carbocycles. The van der Waals surface area contributed by atoms with Crippen molar-refractivity contribution in [2.24, 2.45) is 10.9 Å². The first kappa shape index (κ1) is 20.2. The minimum Gasteiger partial charge on any atom is -0.398 e. The summed E-state index contributed by atoms with van der Waals surface area (Å²) < 4.78 is 36.5. The molecule has 0 spiro atoms. The fourth-order valence-electron chi connectivity index (χ4n) is 2.94. The highest BCUT2D eigenvalue weighted by Gasteiger charge is 2.17. The normalized spacial score (nSPS) is 11.2. The van der Waals surface area contributed by atoms with Crippen LogP contribution in [0.15, 0.2) is 72.1 Å². The van der Waals surface area contributed by atoms with E-state index in [1.807, 2.05) is 0 Å². The molecule has 3 aromatic rings. The second-order valence-corrected chi connectivity index (χ2v) is 7.97. The monoisotopic (exact) mass is 411 g/mol. The molecule has 1 amide bonds. The van der Waals surface area contributed by atoms with E-state index in [1.165, 1.54) is 42.5 Å². The molecule has 0 atom stereocenters. The number of halogens is 1. The van der Waals surface area contributed by atoms with Gasteiger partial charge in [0.2, 0.25) is 10.0 Å². The number of rotatable bonds is 5. The Morgan fingerprint density at radius 3 is 2.17 bits per heavy atom. The zero-order chi connectivity index (χ0) is 21.3. The van der Waals surface area contributed by atoms with Crippen LogP contribution in [0.25, 0.3) is 16.7 Å². The fourth-order valence-corrected chi connectivity index (χ4v) is 3.45. The lowest BCUT2D eigenvalue weighted by Gasteiger charge is -2.15. The Labute approximate surface area is 167 Å². The maximum Gasteiger partial charge on any atom is 0.250 e. The Morgan fingerprint density at radius 1 is 0.966 bits per heavy atom. The summed E-state index contributed by atoms with van der Waals surface area (Å²) >= 11 is 0. The minimum atomic E-state index is -3.85. The van der Waals surface area contributed by atoms with Gasteiger partial charge in [-0.25, -0.2) is 17.9 Å². The molecule has 0 unspecified atom stereocenters. The second kappa shape index (κ2) is 7.50. The highest BCUT2D eigenvalue weighted by atomic mass is 32.2. The van der Waals surface area contributed by atoms with Crippen LogP contribution in [0.2, 0.25) is 0 Å². The molecular weight excluding hydrogens is 393 g/mol. The Kier molecular flexibility index (Phi) is 5.23. The van der Waals surface area contributed by atoms with Gasteiger partial charge in [-0.05, 0) is 58.7 Å². The third-order valence-corrected chi connectivity index (χ3v) is 5.39. The first-order valence-electron chi connectivity index (χ1n) is 8.39. The molecule has 3 aromatic carbocycles. The van der Waals surface area contributed by atoms with Crippen molar-refractivity contribution in [2.75, 3.05) is 5.73 Å². The molecule has 0 aliphatic heterocycles. The van der Waals surface area contributed by atoms with Gasteiger partial charge in [0.25, 0.3) is 5.91 Å². The van der Waals surface area contributed by atoms with Crippen molar-refractivity contribution >= 4 is 27.2 Å². The molecule has 0 fully saturated rings. The first-order valence-corrected chi connectivity index (χ1v) is 9.94. The van der Waals surface area contributed by atoms with Gasteiger partial charge in [0.15, 0.2) is 0 Å². The quantitative estimate of drug-likeness (QED) is 0.557. The van der Waals surface area contributed by atoms with Crippen LogP contribution in [0.5, 0.6) is 0 Å². The van der Waals surface area contributed by atoms with Crippen LogP contribution in [-0.4, -0.2) is 14.3 Å². The van der Waals surface area contributed by atoms with Crippen molar-refractivity contribution in [3.63, 3.8) is 0 Å². The lowest BCUT2D eigenvalue weighted by Crippen LogP contribution is -2.15. The lowest BCUT2D eigenvalue weighted by molar-refractivity contribution is 0.100. The average molecular weight is 411 g/mol. The molecule has 0 heterocycles. The average Bonchev–Trinajstić information content (AvgIpc) is 2.67. The van der Waals surface area contributed by atoms with Crippen LogP contribution >= 0.6 is 0 Å². The molecule has 148 valence electrons. The highest BCUT2D eigenvalue weighted by Crippen LogP contribution is 2.34. The molecule has 8 heteroatoms. The van der Waals surface area contributed by atoms with Gasteiger partial charge < -0.3 is 11.5 Å². The molecule has 0 bridgehead atoms. The first-order chi connectivity index (χ1) is 13.6. The summed E-state index contributed by atoms with van der Waals surface area (Å²) in [5.74, 6) is -1.16. The number of amides is 1. The van der Waals surface area contributed by atoms with Crippen molar-refractivity contribution in [3.8, 4) is 11.1 Å². The summed E-state index contributed by atoms with van der Waals surface area (Å²) in [6.07, 6.45) is 0. The summed E-state index contributed by atoms with van der Waals surface area (Å²) in [6, 6.07) is 14.8. The zero-order valence-electron chi connectivity index (χ0n) is 15.2. The van der Waals surface area contributed by atoms with E-state index in [4.69, 9.17) is 16.6 Å². The molecule has 0 aliphatic rings. The van der Waals surface area contributed by atoms with Gasteiger partial charge in [0.05, 0.1) is 16.1 Å². The summed E-state index contributed by atoms with van der Waals surface area (Å²) in [4.78, 5) is 11.9. The van der Waals surface area contributed by atoms with E-state index in [-0.39, 0.29) is 16.1 Å². The molecule has 3 rings (SSSR count). The number of sulfonamides is 1. The Hall–Kier alpha value is -3.49. The van der Waals surface area contributed by atoms with Crippen LogP contribution in [0, 0.1) is 5.82 Å². The highest BCUT2D eigenvalue weighted by molar-refractivity contribution is 7.89. The molecule has 6 nitrogen and oxygen atoms in total. The number of benzene rings is 3. The molecule has 0 aromatic heterocycles. The molecule has 0 radical (unpaired) electrons. The molecule has 6 N–H and O–H groups in total. The van der Waals surface area contributed by atoms with E-state index < -0.39 is 21.7 Å². The SMILES string of the molecule is C=C(c1cccc(F)c1)c1cc(C(N)=O)c(N)c(-c2ccc(S(N)(=O)=O)cc2)c1. The predicted octanol–water partition coefficient (Wildman–Crippen LogP) is 2.88. The molecular formula is C21H18FN3O3S. The van der Waals surface area contributed by atoms with Crippen LogP contribution in [-0.2, 0) is 10.0 Å². The maximum absolute atomic E-state index is 13.6. The van der Waals surface area contributed by atoms with Crippen molar-refractivity contribution in [2.45, 2.75) is 4.90 Å². The topological polar surface area (TPSA) is 129 Å². The van der Waals surface area contributed by atoms with E-state index in [0.29, 0.717) is 27.8 Å². The van der Waals surface area contributed by atoms with E-state index in [9.17, 15) is 17.6 Å². The molecule has 29 heavy (non-hydrogen) atoms. The van der Waals surface area contributed by atoms with Crippen LogP contribution in [0.1, 0.15) is 21.5 Å². The van der Waals surface area contributed by atoms with Gasteiger partial charge in [0, 0.05) is 5.56 Å². The number of nitrogen functional groups attached to an aromatic ring is 1. The van der Waals surface area contributed by atoms with Gasteiger partial charge in [0.1, 0.15) is 5.82 Å². The van der Waals surface area contributed by atoms with Crippen molar-refractivity contribution < 1.29 is 17.6 Å². The lowest BCUT2D eigenvalue weighted by atomic mass is 9.91. The van der Waals surface area contributed by atoms with Gasteiger partial charge in [-0.1, -0.05) is 30.8 Å². The molecule has 0 saturated carbocycles. The maximum atomic E-state index is 13.6. The third-order valence-electron chi connectivity index (χ3n) is 4.46. The van der Waals surface area contributed by atoms with E-state index in [1.54, 1.807) is 18.2 Å². The number of hydrogen-bond donors (Lipinski definition) is 3. The Bertz CT molecular complexity index is 1240. The van der Waals surface area contributed by atoms with Crippen molar-refractivity contribution in [3.05, 3.63) is 89.8 Å². The number of anilines is 1. The van der Waals surface area contributed by atoms with Crippen LogP contribution < -0.4 is 16.6 Å². The number of primary amides is 1. The third kappa shape index (κ3) is 4.18. The van der Waals surface area contributed by atoms with Crippen molar-refractivity contribution in [1.29, 1.82) is 0 Å². The molecule has 0 saturated heterocycles. The summed E-state index contributed by atoms with van der Waals surface area (Å²) in [5.41, 5.74) is 14.3. The van der Waals surface area contributed by atoms with Crippen LogP contribution in [0.3, 0.4) is 0 Å². The summed E-state index contributed by atoms with van der Waals surface area (Å²) in [6.45, 7) is 3.99. The summed E-state index contributed by atoms with van der Waals surface area (Å²) in [5, 5.41) is 5.12. The van der Waals surface area contributed by atoms with Gasteiger partial charge in [-0.2, -0.15) is 0 Å². The number of primary sulfonamides is 1. The van der Waals surface area contributed by atoms with Crippen molar-refractivity contribution in [1.82, 2.24) is 0 Å². The Balaban J connectivity index is 2.17. The van der Waals surface area contributed by atoms with Gasteiger partial charge in [-0.15, -0.1) is 0 Å². The van der Waals surface area contributed by atoms with Gasteiger partial charge in [-0.3, -0.25) is 4.79 Å². The standard InChI is InChI=1S/C21H18FN3O3S/c1-12(14-3-2-4-16(22)9-14)15-10-18(20(23)19(11-15)21(24)26)13-5-7-17(8-6-13)29(25,27)28/h2-11H,1,23H2,(H2,24,26)(H2,25,27,28). The number of carbonyl (C=O) groups excluding carboxylic acids is 1. The van der Waals surface area contributed by atoms with E-state index in [2.05, 4.69) is 6.58 Å². The second-order valence-electron chi connectivity index (χ2n) is 6.41. The number of hydrogen-bond acceptors (Lipinski definition) is 4. The summed E-state index contributed by atoms with van der Waals surface area (Å²) in [7, 11) is -3.85. The number of carbonyl (C=O) groups is 1. The predicted molar refractivity (Wildman–Crippen MR) is 111 cm³/mol. The minimum absolute atomic E-state index is 0.0599. The van der Waals surface area contributed by atoms with Gasteiger partial charge >= 0.3 is 0 Å². The largest absolute Gasteiger partial charge is 0.398 e.